The van der Waals surface area contributed by atoms with Crippen molar-refractivity contribution in [2.24, 2.45) is 18.9 Å². The van der Waals surface area contributed by atoms with Crippen molar-refractivity contribution in [1.82, 2.24) is 9.55 Å². The first-order valence-electron chi connectivity index (χ1n) is 5.17. The Morgan fingerprint density at radius 1 is 1.50 bits per heavy atom. The van der Waals surface area contributed by atoms with Crippen LogP contribution in [0.1, 0.15) is 26.1 Å². The molecule has 1 rings (SSSR count). The molecule has 1 unspecified atom stereocenters. The quantitative estimate of drug-likeness (QED) is 0.690. The smallest absolute Gasteiger partial charge is 0.108 e. The summed E-state index contributed by atoms with van der Waals surface area (Å²) in [6.45, 7) is 4.46. The zero-order valence-corrected chi connectivity index (χ0v) is 9.96. The molecular weight excluding hydrogens is 196 g/mol. The zero-order chi connectivity index (χ0) is 10.6. The van der Waals surface area contributed by atoms with Crippen molar-refractivity contribution in [1.29, 1.82) is 0 Å². The van der Waals surface area contributed by atoms with E-state index in [4.69, 9.17) is 11.6 Å². The van der Waals surface area contributed by atoms with Gasteiger partial charge in [-0.1, -0.05) is 13.8 Å². The van der Waals surface area contributed by atoms with Gasteiger partial charge in [0.2, 0.25) is 0 Å². The number of rotatable bonds is 5. The minimum absolute atomic E-state index is 0.605. The van der Waals surface area contributed by atoms with Gasteiger partial charge in [-0.3, -0.25) is 0 Å². The van der Waals surface area contributed by atoms with Crippen LogP contribution in [0.15, 0.2) is 12.4 Å². The van der Waals surface area contributed by atoms with Crippen LogP contribution in [0.3, 0.4) is 0 Å². The van der Waals surface area contributed by atoms with Gasteiger partial charge in [0.25, 0.3) is 0 Å². The fourth-order valence-electron chi connectivity index (χ4n) is 1.54. The first-order chi connectivity index (χ1) is 6.65. The maximum atomic E-state index is 5.92. The van der Waals surface area contributed by atoms with Gasteiger partial charge in [0.1, 0.15) is 5.82 Å². The monoisotopic (exact) mass is 214 g/mol. The molecule has 0 aliphatic carbocycles. The molecule has 0 N–H and O–H groups in total. The van der Waals surface area contributed by atoms with E-state index in [9.17, 15) is 0 Å². The highest BCUT2D eigenvalue weighted by atomic mass is 35.5. The Morgan fingerprint density at radius 3 is 2.64 bits per heavy atom. The molecule has 0 aliphatic heterocycles. The topological polar surface area (TPSA) is 17.8 Å². The molecule has 1 aromatic heterocycles. The van der Waals surface area contributed by atoms with Gasteiger partial charge in [0.15, 0.2) is 0 Å². The van der Waals surface area contributed by atoms with Crippen molar-refractivity contribution in [3.63, 3.8) is 0 Å². The Labute approximate surface area is 91.3 Å². The SMILES string of the molecule is CC(C)C(CCl)CCc1nccn1C. The minimum Gasteiger partial charge on any atom is -0.338 e. The van der Waals surface area contributed by atoms with E-state index in [2.05, 4.69) is 23.4 Å². The molecular formula is C11H19ClN2. The summed E-state index contributed by atoms with van der Waals surface area (Å²) in [5.74, 6) is 3.17. The van der Waals surface area contributed by atoms with Crippen molar-refractivity contribution in [3.05, 3.63) is 18.2 Å². The fourth-order valence-corrected chi connectivity index (χ4v) is 2.05. The predicted molar refractivity (Wildman–Crippen MR) is 60.6 cm³/mol. The van der Waals surface area contributed by atoms with Crippen LogP contribution in [0.2, 0.25) is 0 Å². The summed E-state index contributed by atoms with van der Waals surface area (Å²) < 4.78 is 2.08. The third kappa shape index (κ3) is 3.02. The Bertz CT molecular complexity index is 268. The molecule has 0 radical (unpaired) electrons. The molecule has 2 nitrogen and oxygen atoms in total. The van der Waals surface area contributed by atoms with Gasteiger partial charge in [0.05, 0.1) is 0 Å². The molecule has 0 amide bonds. The molecule has 1 heterocycles. The number of hydrogen-bond donors (Lipinski definition) is 0. The van der Waals surface area contributed by atoms with E-state index in [1.165, 1.54) is 0 Å². The van der Waals surface area contributed by atoms with Gasteiger partial charge in [0, 0.05) is 31.7 Å². The van der Waals surface area contributed by atoms with Crippen molar-refractivity contribution >= 4 is 11.6 Å². The molecule has 3 heteroatoms. The van der Waals surface area contributed by atoms with Crippen LogP contribution in [0.25, 0.3) is 0 Å². The summed E-state index contributed by atoms with van der Waals surface area (Å²) in [5, 5.41) is 0. The van der Waals surface area contributed by atoms with Crippen molar-refractivity contribution < 1.29 is 0 Å². The van der Waals surface area contributed by atoms with E-state index in [1.807, 2.05) is 19.4 Å². The molecule has 0 saturated carbocycles. The second-order valence-corrected chi connectivity index (χ2v) is 4.46. The van der Waals surface area contributed by atoms with Gasteiger partial charge in [-0.2, -0.15) is 0 Å². The average Bonchev–Trinajstić information content (AvgIpc) is 2.52. The predicted octanol–water partition coefficient (Wildman–Crippen LogP) is 2.86. The normalized spacial score (nSPS) is 13.5. The summed E-state index contributed by atoms with van der Waals surface area (Å²) in [7, 11) is 2.04. The van der Waals surface area contributed by atoms with E-state index in [1.54, 1.807) is 0 Å². The molecule has 0 aliphatic rings. The number of hydrogen-bond acceptors (Lipinski definition) is 1. The van der Waals surface area contributed by atoms with Crippen LogP contribution in [-0.4, -0.2) is 15.4 Å². The largest absolute Gasteiger partial charge is 0.338 e. The summed E-state index contributed by atoms with van der Waals surface area (Å²) in [5.41, 5.74) is 0. The molecule has 0 fully saturated rings. The minimum atomic E-state index is 0.605. The third-order valence-electron chi connectivity index (χ3n) is 2.80. The van der Waals surface area contributed by atoms with Crippen molar-refractivity contribution in [3.8, 4) is 0 Å². The molecule has 0 bridgehead atoms. The van der Waals surface area contributed by atoms with E-state index in [0.29, 0.717) is 11.8 Å². The number of imidazole rings is 1. The van der Waals surface area contributed by atoms with Crippen LogP contribution in [0.5, 0.6) is 0 Å². The Morgan fingerprint density at radius 2 is 2.21 bits per heavy atom. The van der Waals surface area contributed by atoms with Gasteiger partial charge < -0.3 is 4.57 Å². The summed E-state index contributed by atoms with van der Waals surface area (Å²) in [6.07, 6.45) is 5.99. The number of nitrogens with zero attached hydrogens (tertiary/aromatic N) is 2. The van der Waals surface area contributed by atoms with Gasteiger partial charge in [-0.15, -0.1) is 11.6 Å². The summed E-state index contributed by atoms with van der Waals surface area (Å²) >= 11 is 5.92. The van der Waals surface area contributed by atoms with Crippen LogP contribution in [0, 0.1) is 11.8 Å². The first-order valence-corrected chi connectivity index (χ1v) is 5.70. The van der Waals surface area contributed by atoms with E-state index in [0.717, 1.165) is 24.5 Å². The summed E-state index contributed by atoms with van der Waals surface area (Å²) in [4.78, 5) is 4.30. The molecule has 1 atom stereocenters. The molecule has 0 aromatic carbocycles. The summed E-state index contributed by atoms with van der Waals surface area (Å²) in [6, 6.07) is 0. The number of aromatic nitrogens is 2. The highest BCUT2D eigenvalue weighted by molar-refractivity contribution is 6.18. The molecule has 0 saturated heterocycles. The number of alkyl halides is 1. The number of aryl methyl sites for hydroxylation is 2. The van der Waals surface area contributed by atoms with Crippen LogP contribution in [0.4, 0.5) is 0 Å². The third-order valence-corrected chi connectivity index (χ3v) is 3.20. The molecule has 80 valence electrons. The maximum Gasteiger partial charge on any atom is 0.108 e. The molecule has 14 heavy (non-hydrogen) atoms. The van der Waals surface area contributed by atoms with E-state index < -0.39 is 0 Å². The Balaban J connectivity index is 2.43. The van der Waals surface area contributed by atoms with Crippen molar-refractivity contribution in [2.75, 3.05) is 5.88 Å². The molecule has 1 aromatic rings. The van der Waals surface area contributed by atoms with E-state index >= 15 is 0 Å². The fraction of sp³-hybridized carbons (Fsp3) is 0.727. The standard InChI is InChI=1S/C11H19ClN2/c1-9(2)10(8-12)4-5-11-13-6-7-14(11)3/h6-7,9-10H,4-5,8H2,1-3H3. The zero-order valence-electron chi connectivity index (χ0n) is 9.20. The second-order valence-electron chi connectivity index (χ2n) is 4.15. The first kappa shape index (κ1) is 11.6. The highest BCUT2D eigenvalue weighted by Crippen LogP contribution is 2.18. The lowest BCUT2D eigenvalue weighted by Crippen LogP contribution is -2.12. The lowest BCUT2D eigenvalue weighted by Gasteiger charge is -2.17. The number of halogens is 1. The average molecular weight is 215 g/mol. The second kappa shape index (κ2) is 5.40. The van der Waals surface area contributed by atoms with Gasteiger partial charge >= 0.3 is 0 Å². The van der Waals surface area contributed by atoms with Gasteiger partial charge in [-0.25, -0.2) is 4.98 Å². The van der Waals surface area contributed by atoms with Crippen molar-refractivity contribution in [2.45, 2.75) is 26.7 Å². The van der Waals surface area contributed by atoms with Crippen LogP contribution >= 0.6 is 11.6 Å². The maximum absolute atomic E-state index is 5.92. The highest BCUT2D eigenvalue weighted by Gasteiger charge is 2.12. The Kier molecular flexibility index (Phi) is 4.46. The lowest BCUT2D eigenvalue weighted by atomic mass is 9.93. The van der Waals surface area contributed by atoms with Crippen LogP contribution in [-0.2, 0) is 13.5 Å². The lowest BCUT2D eigenvalue weighted by molar-refractivity contribution is 0.393. The van der Waals surface area contributed by atoms with E-state index in [-0.39, 0.29) is 0 Å². The molecule has 0 spiro atoms. The van der Waals surface area contributed by atoms with Gasteiger partial charge in [-0.05, 0) is 18.3 Å². The van der Waals surface area contributed by atoms with Crippen LogP contribution < -0.4 is 0 Å². The Hall–Kier alpha value is -0.500.